The van der Waals surface area contributed by atoms with Crippen molar-refractivity contribution in [2.75, 3.05) is 0 Å². The van der Waals surface area contributed by atoms with Crippen LogP contribution in [0.3, 0.4) is 0 Å². The molecule has 0 aromatic heterocycles. The fourth-order valence-electron chi connectivity index (χ4n) is 3.57. The van der Waals surface area contributed by atoms with Gasteiger partial charge in [-0.25, -0.2) is 0 Å². The molecule has 0 fully saturated rings. The number of aryl methyl sites for hydroxylation is 1. The first-order chi connectivity index (χ1) is 9.75. The molecule has 2 aromatic rings. The number of Topliss-reactive ketones (excluding diaryl/α,β-unsaturated/α-hetero) is 1. The summed E-state index contributed by atoms with van der Waals surface area (Å²) in [4.78, 5) is 12.7. The molecule has 1 unspecified atom stereocenters. The topological polar surface area (TPSA) is 17.1 Å². The molecule has 20 heavy (non-hydrogen) atoms. The number of allylic oxidation sites excluding steroid dienone is 4. The summed E-state index contributed by atoms with van der Waals surface area (Å²) in [5.41, 5.74) is 4.44. The van der Waals surface area contributed by atoms with Crippen molar-refractivity contribution >= 4 is 16.6 Å². The van der Waals surface area contributed by atoms with E-state index in [1.165, 1.54) is 21.9 Å². The molecule has 2 aliphatic carbocycles. The minimum atomic E-state index is 0.231. The molecule has 0 spiro atoms. The molecule has 98 valence electrons. The van der Waals surface area contributed by atoms with Gasteiger partial charge in [0.25, 0.3) is 0 Å². The Labute approximate surface area is 118 Å². The fraction of sp³-hybridized carbons (Fsp3) is 0.211. The molecular formula is C19H16O. The van der Waals surface area contributed by atoms with Crippen LogP contribution in [0.5, 0.6) is 0 Å². The molecular weight excluding hydrogens is 244 g/mol. The smallest absolute Gasteiger partial charge is 0.189 e. The van der Waals surface area contributed by atoms with Crippen molar-refractivity contribution in [3.05, 3.63) is 70.8 Å². The predicted molar refractivity (Wildman–Crippen MR) is 82.0 cm³/mol. The van der Waals surface area contributed by atoms with Gasteiger partial charge >= 0.3 is 0 Å². The summed E-state index contributed by atoms with van der Waals surface area (Å²) in [7, 11) is 0. The van der Waals surface area contributed by atoms with Crippen LogP contribution in [-0.2, 0) is 6.42 Å². The van der Waals surface area contributed by atoms with Gasteiger partial charge in [0.2, 0.25) is 0 Å². The van der Waals surface area contributed by atoms with Gasteiger partial charge in [-0.15, -0.1) is 0 Å². The van der Waals surface area contributed by atoms with Gasteiger partial charge in [0.05, 0.1) is 0 Å². The van der Waals surface area contributed by atoms with Crippen molar-refractivity contribution in [1.29, 1.82) is 0 Å². The fourth-order valence-corrected chi connectivity index (χ4v) is 3.57. The first-order valence-corrected chi connectivity index (χ1v) is 7.18. The number of fused-ring (bicyclic) bond motifs is 3. The van der Waals surface area contributed by atoms with Crippen molar-refractivity contribution in [1.82, 2.24) is 0 Å². The van der Waals surface area contributed by atoms with Crippen molar-refractivity contribution < 1.29 is 4.79 Å². The normalized spacial score (nSPS) is 20.6. The Kier molecular flexibility index (Phi) is 2.43. The van der Waals surface area contributed by atoms with Crippen LogP contribution in [0.1, 0.15) is 27.9 Å². The number of ketones is 1. The Morgan fingerprint density at radius 3 is 2.95 bits per heavy atom. The largest absolute Gasteiger partial charge is 0.289 e. The third kappa shape index (κ3) is 1.53. The highest BCUT2D eigenvalue weighted by Crippen LogP contribution is 2.38. The van der Waals surface area contributed by atoms with E-state index < -0.39 is 0 Å². The van der Waals surface area contributed by atoms with Gasteiger partial charge in [0, 0.05) is 11.1 Å². The molecule has 0 heterocycles. The van der Waals surface area contributed by atoms with E-state index in [0.717, 1.165) is 24.0 Å². The molecule has 4 rings (SSSR count). The van der Waals surface area contributed by atoms with E-state index in [4.69, 9.17) is 0 Å². The van der Waals surface area contributed by atoms with Gasteiger partial charge in [-0.1, -0.05) is 42.5 Å². The molecule has 0 aliphatic heterocycles. The van der Waals surface area contributed by atoms with Gasteiger partial charge < -0.3 is 0 Å². The summed E-state index contributed by atoms with van der Waals surface area (Å²) in [5.74, 6) is 0.606. The summed E-state index contributed by atoms with van der Waals surface area (Å²) in [6, 6.07) is 10.4. The Hall–Kier alpha value is -2.15. The third-order valence-electron chi connectivity index (χ3n) is 4.67. The standard InChI is InChI=1S/C19H16O/c1-12-15-8-4-2-6-13(15)11-18-17(12)10-14-7-3-5-9-16(14)19(18)20/h2-6,8-9,11,14H,7,10H2,1H3. The van der Waals surface area contributed by atoms with E-state index in [1.54, 1.807) is 0 Å². The number of hydrogen-bond donors (Lipinski definition) is 0. The van der Waals surface area contributed by atoms with E-state index in [9.17, 15) is 4.79 Å². The van der Waals surface area contributed by atoms with Crippen LogP contribution in [0.4, 0.5) is 0 Å². The monoisotopic (exact) mass is 260 g/mol. The van der Waals surface area contributed by atoms with E-state index in [1.807, 2.05) is 18.2 Å². The Balaban J connectivity index is 2.01. The molecule has 1 nitrogen and oxygen atoms in total. The highest BCUT2D eigenvalue weighted by atomic mass is 16.1. The maximum absolute atomic E-state index is 12.7. The molecule has 0 amide bonds. The zero-order valence-electron chi connectivity index (χ0n) is 11.5. The van der Waals surface area contributed by atoms with Gasteiger partial charge in [-0.2, -0.15) is 0 Å². The Bertz CT molecular complexity index is 793. The molecule has 0 radical (unpaired) electrons. The minimum Gasteiger partial charge on any atom is -0.289 e. The number of rotatable bonds is 0. The van der Waals surface area contributed by atoms with Gasteiger partial charge in [0.15, 0.2) is 5.78 Å². The maximum Gasteiger partial charge on any atom is 0.189 e. The van der Waals surface area contributed by atoms with Crippen LogP contribution in [0.25, 0.3) is 10.8 Å². The van der Waals surface area contributed by atoms with E-state index in [-0.39, 0.29) is 5.78 Å². The van der Waals surface area contributed by atoms with Gasteiger partial charge in [-0.05, 0) is 53.6 Å². The Morgan fingerprint density at radius 1 is 1.20 bits per heavy atom. The first kappa shape index (κ1) is 11.7. The van der Waals surface area contributed by atoms with Crippen LogP contribution in [0, 0.1) is 12.8 Å². The lowest BCUT2D eigenvalue weighted by molar-refractivity contribution is 0.101. The predicted octanol–water partition coefficient (Wildman–Crippen LogP) is 4.39. The van der Waals surface area contributed by atoms with Gasteiger partial charge in [-0.3, -0.25) is 4.79 Å². The van der Waals surface area contributed by atoms with Crippen LogP contribution in [0.2, 0.25) is 0 Å². The van der Waals surface area contributed by atoms with E-state index in [2.05, 4.69) is 37.3 Å². The summed E-state index contributed by atoms with van der Waals surface area (Å²) >= 11 is 0. The Morgan fingerprint density at radius 2 is 2.05 bits per heavy atom. The van der Waals surface area contributed by atoms with Crippen molar-refractivity contribution in [3.8, 4) is 0 Å². The summed E-state index contributed by atoms with van der Waals surface area (Å²) < 4.78 is 0. The quantitative estimate of drug-likeness (QED) is 0.686. The van der Waals surface area contributed by atoms with Crippen LogP contribution < -0.4 is 0 Å². The second-order valence-electron chi connectivity index (χ2n) is 5.76. The highest BCUT2D eigenvalue weighted by Gasteiger charge is 2.31. The molecule has 0 saturated heterocycles. The van der Waals surface area contributed by atoms with Crippen LogP contribution >= 0.6 is 0 Å². The lowest BCUT2D eigenvalue weighted by Crippen LogP contribution is -2.25. The molecule has 1 heteroatoms. The second-order valence-corrected chi connectivity index (χ2v) is 5.76. The number of hydrogen-bond acceptors (Lipinski definition) is 1. The van der Waals surface area contributed by atoms with Crippen molar-refractivity contribution in [2.24, 2.45) is 5.92 Å². The minimum absolute atomic E-state index is 0.231. The summed E-state index contributed by atoms with van der Waals surface area (Å²) in [6.07, 6.45) is 8.17. The zero-order chi connectivity index (χ0) is 13.7. The number of carbonyl (C=O) groups excluding carboxylic acids is 1. The average molecular weight is 260 g/mol. The molecule has 2 aliphatic rings. The molecule has 2 aromatic carbocycles. The molecule has 0 N–H and O–H groups in total. The van der Waals surface area contributed by atoms with Crippen molar-refractivity contribution in [3.63, 3.8) is 0 Å². The third-order valence-corrected chi connectivity index (χ3v) is 4.67. The lowest BCUT2D eigenvalue weighted by Gasteiger charge is -2.29. The van der Waals surface area contributed by atoms with E-state index in [0.29, 0.717) is 5.92 Å². The first-order valence-electron chi connectivity index (χ1n) is 7.18. The van der Waals surface area contributed by atoms with Gasteiger partial charge in [0.1, 0.15) is 0 Å². The molecule has 0 saturated carbocycles. The van der Waals surface area contributed by atoms with Crippen LogP contribution in [0.15, 0.2) is 54.1 Å². The maximum atomic E-state index is 12.7. The van der Waals surface area contributed by atoms with Crippen LogP contribution in [-0.4, -0.2) is 5.78 Å². The highest BCUT2D eigenvalue weighted by molar-refractivity contribution is 6.13. The molecule has 1 atom stereocenters. The summed E-state index contributed by atoms with van der Waals surface area (Å²) in [5, 5.41) is 2.44. The van der Waals surface area contributed by atoms with E-state index >= 15 is 0 Å². The lowest BCUT2D eigenvalue weighted by atomic mass is 9.74. The second kappa shape index (κ2) is 4.17. The number of benzene rings is 2. The average Bonchev–Trinajstić information content (AvgIpc) is 2.49. The van der Waals surface area contributed by atoms with Crippen molar-refractivity contribution in [2.45, 2.75) is 19.8 Å². The SMILES string of the molecule is Cc1c2c(cc3ccccc13)C(=O)C1=CC=CCC1C2. The number of carbonyl (C=O) groups is 1. The summed E-state index contributed by atoms with van der Waals surface area (Å²) in [6.45, 7) is 2.15. The zero-order valence-corrected chi connectivity index (χ0v) is 11.5. The molecule has 0 bridgehead atoms.